The molecule has 2 N–H and O–H groups in total. The van der Waals surface area contributed by atoms with E-state index < -0.39 is 0 Å². The summed E-state index contributed by atoms with van der Waals surface area (Å²) in [6.07, 6.45) is 0. The number of aromatic amines is 1. The zero-order chi connectivity index (χ0) is 13.4. The number of halogens is 1. The molecule has 5 nitrogen and oxygen atoms in total. The smallest absolute Gasteiger partial charge is 0.172 e. The molecule has 0 saturated heterocycles. The fourth-order valence-corrected chi connectivity index (χ4v) is 2.09. The summed E-state index contributed by atoms with van der Waals surface area (Å²) >= 11 is 6.16. The van der Waals surface area contributed by atoms with Crippen LogP contribution in [0.3, 0.4) is 0 Å². The highest BCUT2D eigenvalue weighted by Gasteiger charge is 2.11. The molecule has 0 fully saturated rings. The third-order valence-electron chi connectivity index (χ3n) is 2.90. The molecule has 6 heteroatoms. The first-order valence-electron chi connectivity index (χ1n) is 5.86. The predicted molar refractivity (Wildman–Crippen MR) is 75.9 cm³/mol. The van der Waals surface area contributed by atoms with E-state index in [1.54, 1.807) is 0 Å². The zero-order valence-corrected chi connectivity index (χ0v) is 11.3. The molecule has 3 rings (SSSR count). The minimum Gasteiger partial charge on any atom is -0.335 e. The second kappa shape index (κ2) is 4.51. The van der Waals surface area contributed by atoms with Crippen molar-refractivity contribution in [2.75, 3.05) is 5.32 Å². The molecule has 19 heavy (non-hydrogen) atoms. The van der Waals surface area contributed by atoms with Gasteiger partial charge < -0.3 is 5.32 Å². The molecule has 2 heterocycles. The van der Waals surface area contributed by atoms with Crippen molar-refractivity contribution in [2.24, 2.45) is 0 Å². The van der Waals surface area contributed by atoms with Crippen molar-refractivity contribution >= 4 is 34.1 Å². The molecule has 3 aromatic rings. The molecule has 0 spiro atoms. The summed E-state index contributed by atoms with van der Waals surface area (Å²) in [5.74, 6) is 0.535. The van der Waals surface area contributed by atoms with Crippen LogP contribution in [0.2, 0.25) is 5.15 Å². The largest absolute Gasteiger partial charge is 0.335 e. The highest BCUT2D eigenvalue weighted by molar-refractivity contribution is 6.32. The van der Waals surface area contributed by atoms with Crippen LogP contribution in [0, 0.1) is 13.8 Å². The highest BCUT2D eigenvalue weighted by atomic mass is 35.5. The van der Waals surface area contributed by atoms with E-state index in [2.05, 4.69) is 25.5 Å². The van der Waals surface area contributed by atoms with Gasteiger partial charge in [0.15, 0.2) is 11.0 Å². The lowest BCUT2D eigenvalue weighted by molar-refractivity contribution is 1.02. The fourth-order valence-electron chi connectivity index (χ4n) is 1.91. The molecule has 0 unspecified atom stereocenters. The van der Waals surface area contributed by atoms with Crippen molar-refractivity contribution in [1.29, 1.82) is 0 Å². The van der Waals surface area contributed by atoms with Gasteiger partial charge in [0.1, 0.15) is 0 Å². The van der Waals surface area contributed by atoms with Crippen LogP contribution in [0.5, 0.6) is 0 Å². The van der Waals surface area contributed by atoms with Crippen LogP contribution in [0.25, 0.3) is 11.0 Å². The first-order valence-corrected chi connectivity index (χ1v) is 6.24. The van der Waals surface area contributed by atoms with Gasteiger partial charge in [0.2, 0.25) is 0 Å². The average molecular weight is 274 g/mol. The second-order valence-corrected chi connectivity index (χ2v) is 4.64. The maximum absolute atomic E-state index is 6.16. The lowest BCUT2D eigenvalue weighted by Gasteiger charge is -2.08. The average Bonchev–Trinajstić information content (AvgIpc) is 2.71. The van der Waals surface area contributed by atoms with Gasteiger partial charge in [0.25, 0.3) is 0 Å². The third-order valence-corrected chi connectivity index (χ3v) is 3.16. The van der Waals surface area contributed by atoms with Crippen LogP contribution in [0.1, 0.15) is 11.4 Å². The summed E-state index contributed by atoms with van der Waals surface area (Å²) in [5, 5.41) is 10.6. The Morgan fingerprint density at radius 1 is 1.11 bits per heavy atom. The Kier molecular flexibility index (Phi) is 2.83. The predicted octanol–water partition coefficient (Wildman–Crippen LogP) is 3.37. The molecular formula is C13H12ClN5. The first kappa shape index (κ1) is 11.9. The summed E-state index contributed by atoms with van der Waals surface area (Å²) < 4.78 is 0. The number of nitrogens with one attached hydrogen (secondary N) is 2. The topological polar surface area (TPSA) is 66.5 Å². The van der Waals surface area contributed by atoms with E-state index in [0.717, 1.165) is 28.1 Å². The number of para-hydroxylation sites is 2. The van der Waals surface area contributed by atoms with Crippen LogP contribution in [-0.4, -0.2) is 20.2 Å². The quantitative estimate of drug-likeness (QED) is 0.751. The zero-order valence-electron chi connectivity index (χ0n) is 10.5. The van der Waals surface area contributed by atoms with Gasteiger partial charge in [-0.3, -0.25) is 5.10 Å². The molecule has 2 aromatic heterocycles. The van der Waals surface area contributed by atoms with Crippen molar-refractivity contribution in [1.82, 2.24) is 20.2 Å². The number of rotatable bonds is 2. The maximum Gasteiger partial charge on any atom is 0.172 e. The molecule has 0 aliphatic rings. The Morgan fingerprint density at radius 2 is 1.79 bits per heavy atom. The van der Waals surface area contributed by atoms with Gasteiger partial charge >= 0.3 is 0 Å². The highest BCUT2D eigenvalue weighted by Crippen LogP contribution is 2.27. The van der Waals surface area contributed by atoms with Gasteiger partial charge in [-0.05, 0) is 26.0 Å². The Bertz CT molecular complexity index is 730. The molecule has 0 saturated carbocycles. The van der Waals surface area contributed by atoms with Crippen molar-refractivity contribution in [2.45, 2.75) is 13.8 Å². The minimum absolute atomic E-state index is 0.346. The number of fused-ring (bicyclic) bond motifs is 1. The van der Waals surface area contributed by atoms with E-state index in [4.69, 9.17) is 11.6 Å². The van der Waals surface area contributed by atoms with Crippen LogP contribution >= 0.6 is 11.6 Å². The van der Waals surface area contributed by atoms with E-state index >= 15 is 0 Å². The van der Waals surface area contributed by atoms with Gasteiger partial charge in [-0.2, -0.15) is 5.10 Å². The van der Waals surface area contributed by atoms with Gasteiger partial charge in [-0.1, -0.05) is 23.7 Å². The van der Waals surface area contributed by atoms with Gasteiger partial charge in [0, 0.05) is 0 Å². The number of hydrogen-bond acceptors (Lipinski definition) is 4. The minimum atomic E-state index is 0.346. The van der Waals surface area contributed by atoms with Gasteiger partial charge in [0.05, 0.1) is 28.1 Å². The molecule has 0 aliphatic carbocycles. The van der Waals surface area contributed by atoms with Crippen LogP contribution in [0.15, 0.2) is 24.3 Å². The number of aromatic nitrogens is 4. The van der Waals surface area contributed by atoms with E-state index in [0.29, 0.717) is 11.0 Å². The molecule has 0 atom stereocenters. The standard InChI is InChI=1S/C13H12ClN5/c1-7-11(8(2)19-18-7)17-13-12(14)15-9-5-3-4-6-10(9)16-13/h3-6H,1-2H3,(H,16,17)(H,18,19). The van der Waals surface area contributed by atoms with E-state index in [-0.39, 0.29) is 0 Å². The van der Waals surface area contributed by atoms with Crippen molar-refractivity contribution < 1.29 is 0 Å². The van der Waals surface area contributed by atoms with Crippen LogP contribution in [0.4, 0.5) is 11.5 Å². The van der Waals surface area contributed by atoms with E-state index in [1.807, 2.05) is 38.1 Å². The molecular weight excluding hydrogens is 262 g/mol. The van der Waals surface area contributed by atoms with Gasteiger partial charge in [-0.15, -0.1) is 0 Å². The summed E-state index contributed by atoms with van der Waals surface area (Å²) in [6.45, 7) is 3.85. The summed E-state index contributed by atoms with van der Waals surface area (Å²) in [7, 11) is 0. The van der Waals surface area contributed by atoms with Crippen molar-refractivity contribution in [3.63, 3.8) is 0 Å². The monoisotopic (exact) mass is 273 g/mol. The number of benzene rings is 1. The number of hydrogen-bond donors (Lipinski definition) is 2. The number of H-pyrrole nitrogens is 1. The van der Waals surface area contributed by atoms with Crippen LogP contribution < -0.4 is 5.32 Å². The Balaban J connectivity index is 2.08. The summed E-state index contributed by atoms with van der Waals surface area (Å²) in [6, 6.07) is 7.61. The SMILES string of the molecule is Cc1n[nH]c(C)c1Nc1nc2ccccc2nc1Cl. The third kappa shape index (κ3) is 2.13. The molecule has 96 valence electrons. The molecule has 0 aliphatic heterocycles. The molecule has 0 radical (unpaired) electrons. The van der Waals surface area contributed by atoms with E-state index in [1.165, 1.54) is 0 Å². The Hall–Kier alpha value is -2.14. The van der Waals surface area contributed by atoms with Gasteiger partial charge in [-0.25, -0.2) is 9.97 Å². The summed E-state index contributed by atoms with van der Waals surface area (Å²) in [4.78, 5) is 8.81. The lowest BCUT2D eigenvalue weighted by Crippen LogP contribution is -1.99. The number of anilines is 2. The number of aryl methyl sites for hydroxylation is 2. The van der Waals surface area contributed by atoms with Crippen molar-refractivity contribution in [3.05, 3.63) is 40.8 Å². The summed E-state index contributed by atoms with van der Waals surface area (Å²) in [5.41, 5.74) is 4.26. The lowest BCUT2D eigenvalue weighted by atomic mass is 10.3. The fraction of sp³-hybridized carbons (Fsp3) is 0.154. The Morgan fingerprint density at radius 3 is 2.42 bits per heavy atom. The second-order valence-electron chi connectivity index (χ2n) is 4.29. The maximum atomic E-state index is 6.16. The first-order chi connectivity index (χ1) is 9.15. The van der Waals surface area contributed by atoms with E-state index in [9.17, 15) is 0 Å². The van der Waals surface area contributed by atoms with Crippen molar-refractivity contribution in [3.8, 4) is 0 Å². The molecule has 1 aromatic carbocycles. The van der Waals surface area contributed by atoms with Crippen LogP contribution in [-0.2, 0) is 0 Å². The molecule has 0 bridgehead atoms. The Labute approximate surface area is 115 Å². The number of nitrogens with zero attached hydrogens (tertiary/aromatic N) is 3. The normalized spacial score (nSPS) is 10.9. The molecule has 0 amide bonds.